The second-order valence-electron chi connectivity index (χ2n) is 7.00. The summed E-state index contributed by atoms with van der Waals surface area (Å²) in [5, 5.41) is 0. The monoisotopic (exact) mass is 320 g/mol. The van der Waals surface area contributed by atoms with Crippen molar-refractivity contribution in [2.24, 2.45) is 4.99 Å². The average molecular weight is 321 g/mol. The molecule has 1 aliphatic heterocycles. The van der Waals surface area contributed by atoms with Gasteiger partial charge in [0.25, 0.3) is 0 Å². The molecule has 1 rings (SSSR count). The van der Waals surface area contributed by atoms with Gasteiger partial charge in [-0.05, 0) is 32.1 Å². The van der Waals surface area contributed by atoms with Crippen molar-refractivity contribution < 1.29 is 0 Å². The van der Waals surface area contributed by atoms with E-state index in [9.17, 15) is 0 Å². The molecule has 2 nitrogen and oxygen atoms in total. The van der Waals surface area contributed by atoms with Gasteiger partial charge in [0.05, 0.1) is 12.9 Å². The molecule has 134 valence electrons. The third-order valence-corrected chi connectivity index (χ3v) is 4.72. The predicted octanol–water partition coefficient (Wildman–Crippen LogP) is 6.37. The van der Waals surface area contributed by atoms with E-state index in [1.807, 2.05) is 6.34 Å². The molecule has 1 aliphatic rings. The van der Waals surface area contributed by atoms with Crippen LogP contribution >= 0.6 is 0 Å². The van der Waals surface area contributed by atoms with Gasteiger partial charge < -0.3 is 4.90 Å². The molecular formula is C21H40N2. The van der Waals surface area contributed by atoms with E-state index in [4.69, 9.17) is 0 Å². The van der Waals surface area contributed by atoms with E-state index < -0.39 is 0 Å². The van der Waals surface area contributed by atoms with Crippen molar-refractivity contribution in [1.29, 1.82) is 0 Å². The van der Waals surface area contributed by atoms with Gasteiger partial charge in [0.15, 0.2) is 0 Å². The van der Waals surface area contributed by atoms with Crippen molar-refractivity contribution >= 4 is 6.34 Å². The van der Waals surface area contributed by atoms with Gasteiger partial charge in [0.2, 0.25) is 0 Å². The zero-order chi connectivity index (χ0) is 16.4. The van der Waals surface area contributed by atoms with Crippen LogP contribution in [0.5, 0.6) is 0 Å². The molecule has 0 aromatic carbocycles. The molecule has 0 saturated carbocycles. The third kappa shape index (κ3) is 13.4. The van der Waals surface area contributed by atoms with Crippen LogP contribution in [-0.2, 0) is 0 Å². The van der Waals surface area contributed by atoms with Crippen LogP contribution in [0.1, 0.15) is 96.8 Å². The Kier molecular flexibility index (Phi) is 14.2. The van der Waals surface area contributed by atoms with Crippen LogP contribution in [0.25, 0.3) is 0 Å². The molecule has 0 aromatic heterocycles. The van der Waals surface area contributed by atoms with Gasteiger partial charge in [-0.15, -0.1) is 0 Å². The molecule has 0 N–H and O–H groups in total. The van der Waals surface area contributed by atoms with Crippen molar-refractivity contribution in [3.05, 3.63) is 12.2 Å². The van der Waals surface area contributed by atoms with Gasteiger partial charge >= 0.3 is 0 Å². The Balaban J connectivity index is 1.70. The number of nitrogens with zero attached hydrogens (tertiary/aromatic N) is 2. The molecule has 2 heteroatoms. The van der Waals surface area contributed by atoms with E-state index in [0.717, 1.165) is 13.1 Å². The molecule has 0 saturated heterocycles. The summed E-state index contributed by atoms with van der Waals surface area (Å²) in [5.41, 5.74) is 0. The minimum absolute atomic E-state index is 1.01. The maximum atomic E-state index is 4.25. The summed E-state index contributed by atoms with van der Waals surface area (Å²) in [5.74, 6) is 0. The van der Waals surface area contributed by atoms with Crippen LogP contribution in [0.2, 0.25) is 0 Å². The fourth-order valence-electron chi connectivity index (χ4n) is 3.15. The molecule has 0 radical (unpaired) electrons. The summed E-state index contributed by atoms with van der Waals surface area (Å²) in [6, 6.07) is 0. The fraction of sp³-hybridized carbons (Fsp3) is 0.857. The molecule has 0 aromatic rings. The first-order valence-corrected chi connectivity index (χ1v) is 10.3. The van der Waals surface area contributed by atoms with Gasteiger partial charge in [-0.3, -0.25) is 4.99 Å². The molecule has 0 unspecified atom stereocenters. The van der Waals surface area contributed by atoms with E-state index >= 15 is 0 Å². The lowest BCUT2D eigenvalue weighted by Crippen LogP contribution is -2.20. The van der Waals surface area contributed by atoms with Crippen LogP contribution in [-0.4, -0.2) is 30.9 Å². The van der Waals surface area contributed by atoms with Gasteiger partial charge in [-0.2, -0.15) is 0 Å². The van der Waals surface area contributed by atoms with Crippen LogP contribution in [0.15, 0.2) is 17.1 Å². The van der Waals surface area contributed by atoms with Gasteiger partial charge in [0, 0.05) is 13.1 Å². The van der Waals surface area contributed by atoms with E-state index in [0.29, 0.717) is 0 Å². The maximum absolute atomic E-state index is 4.25. The molecule has 23 heavy (non-hydrogen) atoms. The van der Waals surface area contributed by atoms with Crippen molar-refractivity contribution in [1.82, 2.24) is 4.90 Å². The first-order valence-electron chi connectivity index (χ1n) is 10.3. The van der Waals surface area contributed by atoms with Crippen LogP contribution in [0.3, 0.4) is 0 Å². The maximum Gasteiger partial charge on any atom is 0.0851 e. The highest BCUT2D eigenvalue weighted by molar-refractivity contribution is 5.56. The summed E-state index contributed by atoms with van der Waals surface area (Å²) in [7, 11) is 0. The standard InChI is InChI=1S/C21H40N2/c1-2-3-4-5-6-7-8-9-10-11-12-13-14-15-16-17-19-23-20-18-22-21-23/h9-10,21H,2-8,11-20H2,1H3/b10-9-. The van der Waals surface area contributed by atoms with E-state index in [-0.39, 0.29) is 0 Å². The van der Waals surface area contributed by atoms with Crippen LogP contribution in [0, 0.1) is 0 Å². The van der Waals surface area contributed by atoms with Crippen LogP contribution < -0.4 is 0 Å². The Morgan fingerprint density at radius 3 is 1.91 bits per heavy atom. The number of unbranched alkanes of at least 4 members (excludes halogenated alkanes) is 12. The van der Waals surface area contributed by atoms with Gasteiger partial charge in [-0.25, -0.2) is 0 Å². The van der Waals surface area contributed by atoms with Gasteiger partial charge in [0.1, 0.15) is 0 Å². The Hall–Kier alpha value is -0.790. The zero-order valence-corrected chi connectivity index (χ0v) is 15.6. The first-order chi connectivity index (χ1) is 11.4. The fourth-order valence-corrected chi connectivity index (χ4v) is 3.15. The van der Waals surface area contributed by atoms with Crippen LogP contribution in [0.4, 0.5) is 0 Å². The highest BCUT2D eigenvalue weighted by Crippen LogP contribution is 2.10. The highest BCUT2D eigenvalue weighted by Gasteiger charge is 2.03. The summed E-state index contributed by atoms with van der Waals surface area (Å²) in [4.78, 5) is 6.61. The topological polar surface area (TPSA) is 15.6 Å². The normalized spacial score (nSPS) is 14.4. The molecule has 0 atom stereocenters. The summed E-state index contributed by atoms with van der Waals surface area (Å²) >= 11 is 0. The number of allylic oxidation sites excluding steroid dienone is 2. The smallest absolute Gasteiger partial charge is 0.0851 e. The van der Waals surface area contributed by atoms with E-state index in [2.05, 4.69) is 29.0 Å². The Morgan fingerprint density at radius 1 is 0.783 bits per heavy atom. The van der Waals surface area contributed by atoms with Crippen molar-refractivity contribution in [3.8, 4) is 0 Å². The molecule has 1 heterocycles. The molecule has 0 amide bonds. The van der Waals surface area contributed by atoms with Gasteiger partial charge in [-0.1, -0.05) is 76.9 Å². The molecule has 0 spiro atoms. The summed E-state index contributed by atoms with van der Waals surface area (Å²) in [6.45, 7) is 5.65. The van der Waals surface area contributed by atoms with Crippen molar-refractivity contribution in [3.63, 3.8) is 0 Å². The molecule has 0 fully saturated rings. The predicted molar refractivity (Wildman–Crippen MR) is 104 cm³/mol. The molecule has 0 aliphatic carbocycles. The summed E-state index contributed by atoms with van der Waals surface area (Å²) < 4.78 is 0. The Labute approximate surface area is 145 Å². The van der Waals surface area contributed by atoms with Crippen molar-refractivity contribution in [2.75, 3.05) is 19.6 Å². The first kappa shape index (κ1) is 20.3. The van der Waals surface area contributed by atoms with E-state index in [1.54, 1.807) is 0 Å². The highest BCUT2D eigenvalue weighted by atomic mass is 15.2. The van der Waals surface area contributed by atoms with E-state index in [1.165, 1.54) is 96.4 Å². The quantitative estimate of drug-likeness (QED) is 0.238. The second kappa shape index (κ2) is 16.1. The number of rotatable bonds is 16. The largest absolute Gasteiger partial charge is 0.361 e. The molecular weight excluding hydrogens is 280 g/mol. The molecule has 0 bridgehead atoms. The zero-order valence-electron chi connectivity index (χ0n) is 15.6. The second-order valence-corrected chi connectivity index (χ2v) is 7.00. The Morgan fingerprint density at radius 2 is 1.35 bits per heavy atom. The third-order valence-electron chi connectivity index (χ3n) is 4.72. The number of hydrogen-bond donors (Lipinski definition) is 0. The average Bonchev–Trinajstić information content (AvgIpc) is 3.08. The number of aliphatic imine (C=N–C) groups is 1. The minimum atomic E-state index is 1.01. The number of hydrogen-bond acceptors (Lipinski definition) is 2. The Bertz CT molecular complexity index is 296. The lowest BCUT2D eigenvalue weighted by atomic mass is 10.1. The SMILES string of the molecule is CCCCCCCC/C=C\CCCCCCCCN1C=NCC1. The lowest BCUT2D eigenvalue weighted by molar-refractivity contribution is 0.439. The van der Waals surface area contributed by atoms with Crippen molar-refractivity contribution in [2.45, 2.75) is 96.8 Å². The minimum Gasteiger partial charge on any atom is -0.361 e. The lowest BCUT2D eigenvalue weighted by Gasteiger charge is -2.12. The summed E-state index contributed by atoms with van der Waals surface area (Å²) in [6.07, 6.45) is 26.2.